The third-order valence-electron chi connectivity index (χ3n) is 7.02. The highest BCUT2D eigenvalue weighted by atomic mass is 35.5. The molecule has 1 saturated heterocycles. The topological polar surface area (TPSA) is 60.9 Å². The van der Waals surface area contributed by atoms with Crippen molar-refractivity contribution in [2.75, 3.05) is 19.6 Å². The predicted octanol–water partition coefficient (Wildman–Crippen LogP) is 7.19. The number of alkyl halides is 3. The largest absolute Gasteiger partial charge is 0.481 e. The zero-order chi connectivity index (χ0) is 28.1. The maximum absolute atomic E-state index is 13.2. The Kier molecular flexibility index (Phi) is 10.1. The van der Waals surface area contributed by atoms with E-state index in [4.69, 9.17) is 23.2 Å². The van der Waals surface area contributed by atoms with Gasteiger partial charge in [-0.05, 0) is 66.6 Å². The fourth-order valence-electron chi connectivity index (χ4n) is 5.55. The van der Waals surface area contributed by atoms with Gasteiger partial charge in [0.15, 0.2) is 0 Å². The van der Waals surface area contributed by atoms with Crippen molar-refractivity contribution < 1.29 is 27.9 Å². The van der Waals surface area contributed by atoms with Crippen LogP contribution in [0.2, 0.25) is 10.0 Å². The van der Waals surface area contributed by atoms with Gasteiger partial charge in [-0.15, -0.1) is 0 Å². The zero-order valence-electron chi connectivity index (χ0n) is 21.4. The van der Waals surface area contributed by atoms with E-state index in [1.54, 1.807) is 35.2 Å². The Hall–Kier alpha value is -2.29. The Morgan fingerprint density at radius 1 is 1.13 bits per heavy atom. The summed E-state index contributed by atoms with van der Waals surface area (Å²) in [5, 5.41) is 10.5. The van der Waals surface area contributed by atoms with Gasteiger partial charge < -0.3 is 10.0 Å². The smallest absolute Gasteiger partial charge is 0.401 e. The number of rotatable bonds is 11. The molecule has 1 heterocycles. The molecule has 0 spiro atoms. The standard InChI is InChI=1S/C28H33Cl2F3N2O3/c1-27(2,15-25(37)38)14-24(20-5-3-6-22(30)13-20)26(19-8-10-21(29)11-9-19)35(18-36)23-7-4-12-34(16-23)17-28(31,32)33/h3,5-6,8-11,13,18,23-24,26H,4,7,12,14-17H2,1-2H3,(H,37,38)/t23-,24+,26+/m0/s1. The number of nitrogens with zero attached hydrogens (tertiary/aromatic N) is 2. The summed E-state index contributed by atoms with van der Waals surface area (Å²) in [6.07, 6.45) is -2.27. The highest BCUT2D eigenvalue weighted by molar-refractivity contribution is 6.30. The molecule has 1 fully saturated rings. The van der Waals surface area contributed by atoms with Crippen molar-refractivity contribution in [2.45, 2.75) is 63.7 Å². The Morgan fingerprint density at radius 3 is 2.39 bits per heavy atom. The van der Waals surface area contributed by atoms with Crippen molar-refractivity contribution in [3.05, 3.63) is 69.7 Å². The summed E-state index contributed by atoms with van der Waals surface area (Å²) in [6, 6.07) is 13.2. The molecule has 0 saturated carbocycles. The van der Waals surface area contributed by atoms with Crippen LogP contribution in [0, 0.1) is 5.41 Å². The fourth-order valence-corrected chi connectivity index (χ4v) is 5.87. The molecule has 10 heteroatoms. The number of amides is 1. The van der Waals surface area contributed by atoms with E-state index in [9.17, 15) is 27.9 Å². The molecule has 208 valence electrons. The molecular weight excluding hydrogens is 540 g/mol. The fraction of sp³-hybridized carbons (Fsp3) is 0.500. The van der Waals surface area contributed by atoms with Crippen molar-refractivity contribution >= 4 is 35.6 Å². The molecule has 2 aromatic carbocycles. The number of aliphatic carboxylic acids is 1. The summed E-state index contributed by atoms with van der Waals surface area (Å²) in [6.45, 7) is 3.06. The molecule has 1 aliphatic heterocycles. The number of hydrogen-bond donors (Lipinski definition) is 1. The van der Waals surface area contributed by atoms with Crippen LogP contribution in [0.25, 0.3) is 0 Å². The van der Waals surface area contributed by atoms with Gasteiger partial charge in [0.25, 0.3) is 0 Å². The summed E-state index contributed by atoms with van der Waals surface area (Å²) < 4.78 is 39.6. The molecule has 2 aromatic rings. The number of carboxylic acid groups (broad SMARTS) is 1. The predicted molar refractivity (Wildman–Crippen MR) is 142 cm³/mol. The van der Waals surface area contributed by atoms with Crippen molar-refractivity contribution in [3.63, 3.8) is 0 Å². The second-order valence-electron chi connectivity index (χ2n) is 10.8. The van der Waals surface area contributed by atoms with Gasteiger partial charge in [0, 0.05) is 28.5 Å². The lowest BCUT2D eigenvalue weighted by Crippen LogP contribution is -2.51. The Balaban J connectivity index is 2.11. The maximum atomic E-state index is 13.2. The van der Waals surface area contributed by atoms with Gasteiger partial charge in [-0.1, -0.05) is 61.3 Å². The Morgan fingerprint density at radius 2 is 1.82 bits per heavy atom. The van der Waals surface area contributed by atoms with Crippen LogP contribution in [0.1, 0.15) is 62.6 Å². The molecule has 0 radical (unpaired) electrons. The van der Waals surface area contributed by atoms with Crippen LogP contribution in [0.3, 0.4) is 0 Å². The summed E-state index contributed by atoms with van der Waals surface area (Å²) in [5.41, 5.74) is 0.906. The van der Waals surface area contributed by atoms with Crippen LogP contribution in [0.4, 0.5) is 13.2 Å². The molecule has 3 atom stereocenters. The van der Waals surface area contributed by atoms with E-state index in [2.05, 4.69) is 0 Å². The van der Waals surface area contributed by atoms with Crippen molar-refractivity contribution in [3.8, 4) is 0 Å². The Bertz CT molecular complexity index is 1100. The lowest BCUT2D eigenvalue weighted by Gasteiger charge is -2.45. The first-order chi connectivity index (χ1) is 17.8. The van der Waals surface area contributed by atoms with Crippen LogP contribution < -0.4 is 0 Å². The number of halogens is 5. The van der Waals surface area contributed by atoms with E-state index >= 15 is 0 Å². The van der Waals surface area contributed by atoms with Crippen LogP contribution in [-0.2, 0) is 9.59 Å². The van der Waals surface area contributed by atoms with Gasteiger partial charge in [-0.2, -0.15) is 13.2 Å². The number of carboxylic acids is 1. The van der Waals surface area contributed by atoms with Gasteiger partial charge >= 0.3 is 12.1 Å². The molecular formula is C28H33Cl2F3N2O3. The van der Waals surface area contributed by atoms with Gasteiger partial charge in [-0.25, -0.2) is 0 Å². The number of piperidine rings is 1. The van der Waals surface area contributed by atoms with Crippen LogP contribution in [0.15, 0.2) is 48.5 Å². The van der Waals surface area contributed by atoms with E-state index in [1.807, 2.05) is 32.0 Å². The monoisotopic (exact) mass is 572 g/mol. The number of benzene rings is 2. The third-order valence-corrected chi connectivity index (χ3v) is 7.51. The van der Waals surface area contributed by atoms with E-state index in [0.29, 0.717) is 42.3 Å². The highest BCUT2D eigenvalue weighted by Gasteiger charge is 2.40. The Labute approximate surface area is 231 Å². The van der Waals surface area contributed by atoms with Gasteiger partial charge in [0.1, 0.15) is 0 Å². The van der Waals surface area contributed by atoms with Crippen molar-refractivity contribution in [1.82, 2.24) is 9.80 Å². The summed E-state index contributed by atoms with van der Waals surface area (Å²) in [4.78, 5) is 27.4. The highest BCUT2D eigenvalue weighted by Crippen LogP contribution is 2.46. The molecule has 0 aliphatic carbocycles. The van der Waals surface area contributed by atoms with E-state index in [0.717, 1.165) is 11.1 Å². The minimum atomic E-state index is -4.34. The molecule has 3 rings (SSSR count). The van der Waals surface area contributed by atoms with Gasteiger partial charge in [0.2, 0.25) is 6.41 Å². The molecule has 1 N–H and O–H groups in total. The minimum absolute atomic E-state index is 0.0864. The normalized spacial score (nSPS) is 18.6. The molecule has 0 bridgehead atoms. The summed E-state index contributed by atoms with van der Waals surface area (Å²) in [7, 11) is 0. The summed E-state index contributed by atoms with van der Waals surface area (Å²) in [5.74, 6) is -1.34. The van der Waals surface area contributed by atoms with E-state index in [-0.39, 0.29) is 13.0 Å². The average molecular weight is 573 g/mol. The summed E-state index contributed by atoms with van der Waals surface area (Å²) >= 11 is 12.5. The molecule has 5 nitrogen and oxygen atoms in total. The maximum Gasteiger partial charge on any atom is 0.401 e. The lowest BCUT2D eigenvalue weighted by atomic mass is 9.73. The van der Waals surface area contributed by atoms with Gasteiger partial charge in [-0.3, -0.25) is 14.5 Å². The third kappa shape index (κ3) is 8.61. The SMILES string of the molecule is CC(C)(CC(=O)O)C[C@H](c1cccc(Cl)c1)[C@@H](c1ccc(Cl)cc1)N(C=O)[C@H]1CCCN(CC(F)(F)F)C1. The molecule has 1 amide bonds. The van der Waals surface area contributed by atoms with Crippen molar-refractivity contribution in [1.29, 1.82) is 0 Å². The zero-order valence-corrected chi connectivity index (χ0v) is 22.9. The average Bonchev–Trinajstić information content (AvgIpc) is 2.80. The molecule has 38 heavy (non-hydrogen) atoms. The van der Waals surface area contributed by atoms with Crippen LogP contribution in [0.5, 0.6) is 0 Å². The quantitative estimate of drug-likeness (QED) is 0.289. The number of likely N-dealkylation sites (tertiary alicyclic amines) is 1. The number of hydrogen-bond acceptors (Lipinski definition) is 3. The van der Waals surface area contributed by atoms with Crippen LogP contribution >= 0.6 is 23.2 Å². The van der Waals surface area contributed by atoms with Crippen molar-refractivity contribution in [2.24, 2.45) is 5.41 Å². The first-order valence-corrected chi connectivity index (χ1v) is 13.3. The lowest BCUT2D eigenvalue weighted by molar-refractivity contribution is -0.151. The second-order valence-corrected chi connectivity index (χ2v) is 11.7. The molecule has 0 aromatic heterocycles. The first-order valence-electron chi connectivity index (χ1n) is 12.5. The van der Waals surface area contributed by atoms with Gasteiger partial charge in [0.05, 0.1) is 19.0 Å². The number of carbonyl (C=O) groups excluding carboxylic acids is 1. The first kappa shape index (κ1) is 30.3. The minimum Gasteiger partial charge on any atom is -0.481 e. The second kappa shape index (κ2) is 12.7. The molecule has 0 unspecified atom stereocenters. The van der Waals surface area contributed by atoms with E-state index < -0.39 is 42.1 Å². The van der Waals surface area contributed by atoms with Crippen LogP contribution in [-0.4, -0.2) is 59.1 Å². The van der Waals surface area contributed by atoms with E-state index in [1.165, 1.54) is 4.90 Å². The number of carbonyl (C=O) groups is 2. The molecule has 1 aliphatic rings.